The molecule has 1 atom stereocenters. The Morgan fingerprint density at radius 3 is 2.38 bits per heavy atom. The number of rotatable bonds is 3. The Morgan fingerprint density at radius 2 is 1.76 bits per heavy atom. The summed E-state index contributed by atoms with van der Waals surface area (Å²) in [4.78, 5) is 12.1. The molecule has 110 valence electrons. The van der Waals surface area contributed by atoms with Crippen LogP contribution in [0.4, 0.5) is 14.5 Å². The fourth-order valence-electron chi connectivity index (χ4n) is 2.00. The van der Waals surface area contributed by atoms with E-state index in [0.717, 1.165) is 12.1 Å². The van der Waals surface area contributed by atoms with Crippen LogP contribution in [0.2, 0.25) is 5.02 Å². The fourth-order valence-corrected chi connectivity index (χ4v) is 2.21. The average molecular weight is 311 g/mol. The number of anilines is 1. The summed E-state index contributed by atoms with van der Waals surface area (Å²) in [7, 11) is 0. The van der Waals surface area contributed by atoms with Gasteiger partial charge in [-0.1, -0.05) is 23.7 Å². The van der Waals surface area contributed by atoms with E-state index in [1.54, 1.807) is 12.1 Å². The number of carbonyl (C=O) groups is 1. The molecule has 0 aliphatic heterocycles. The number of hydrogen-bond acceptors (Lipinski definition) is 2. The maximum Gasteiger partial charge on any atom is 0.253 e. The molecular weight excluding hydrogens is 298 g/mol. The lowest BCUT2D eigenvalue weighted by Gasteiger charge is -2.16. The van der Waals surface area contributed by atoms with Crippen LogP contribution in [0.5, 0.6) is 0 Å². The summed E-state index contributed by atoms with van der Waals surface area (Å²) in [5.74, 6) is -2.00. The van der Waals surface area contributed by atoms with Crippen molar-refractivity contribution in [3.63, 3.8) is 0 Å². The topological polar surface area (TPSA) is 55.1 Å². The van der Waals surface area contributed by atoms with Crippen LogP contribution in [-0.4, -0.2) is 5.91 Å². The van der Waals surface area contributed by atoms with Crippen LogP contribution in [0, 0.1) is 11.6 Å². The summed E-state index contributed by atoms with van der Waals surface area (Å²) >= 11 is 5.95. The van der Waals surface area contributed by atoms with Crippen LogP contribution in [0.1, 0.15) is 28.9 Å². The molecule has 0 saturated carbocycles. The molecule has 0 saturated heterocycles. The maximum atomic E-state index is 13.7. The molecule has 0 radical (unpaired) electrons. The van der Waals surface area contributed by atoms with Gasteiger partial charge in [-0.05, 0) is 31.2 Å². The molecule has 0 aliphatic carbocycles. The van der Waals surface area contributed by atoms with E-state index in [0.29, 0.717) is 0 Å². The van der Waals surface area contributed by atoms with E-state index in [1.807, 2.05) is 0 Å². The second-order valence-electron chi connectivity index (χ2n) is 4.54. The first-order chi connectivity index (χ1) is 9.91. The number of amides is 1. The number of nitrogen functional groups attached to an aromatic ring is 1. The zero-order chi connectivity index (χ0) is 15.6. The Hall–Kier alpha value is -2.14. The Balaban J connectivity index is 2.25. The first-order valence-electron chi connectivity index (χ1n) is 6.20. The Morgan fingerprint density at radius 1 is 1.19 bits per heavy atom. The third-order valence-corrected chi connectivity index (χ3v) is 3.48. The SMILES string of the molecule is CC(NC(=O)c1cccc(N)c1Cl)c1c(F)cccc1F. The summed E-state index contributed by atoms with van der Waals surface area (Å²) in [6.07, 6.45) is 0. The van der Waals surface area contributed by atoms with Crippen molar-refractivity contribution in [2.24, 2.45) is 0 Å². The summed E-state index contributed by atoms with van der Waals surface area (Å²) in [5, 5.41) is 2.61. The van der Waals surface area contributed by atoms with E-state index < -0.39 is 23.6 Å². The van der Waals surface area contributed by atoms with E-state index in [4.69, 9.17) is 17.3 Å². The molecule has 1 amide bonds. The minimum atomic E-state index is -0.851. The van der Waals surface area contributed by atoms with Gasteiger partial charge in [0.15, 0.2) is 0 Å². The maximum absolute atomic E-state index is 13.7. The van der Waals surface area contributed by atoms with Crippen LogP contribution in [0.25, 0.3) is 0 Å². The second kappa shape index (κ2) is 6.10. The lowest BCUT2D eigenvalue weighted by atomic mass is 10.1. The van der Waals surface area contributed by atoms with Crippen LogP contribution < -0.4 is 11.1 Å². The molecule has 0 spiro atoms. The zero-order valence-electron chi connectivity index (χ0n) is 11.2. The van der Waals surface area contributed by atoms with Gasteiger partial charge in [0, 0.05) is 5.56 Å². The van der Waals surface area contributed by atoms with Crippen molar-refractivity contribution in [2.75, 3.05) is 5.73 Å². The van der Waals surface area contributed by atoms with Gasteiger partial charge in [-0.15, -0.1) is 0 Å². The quantitative estimate of drug-likeness (QED) is 0.849. The van der Waals surface area contributed by atoms with Gasteiger partial charge >= 0.3 is 0 Å². The Bertz CT molecular complexity index is 671. The average Bonchev–Trinajstić information content (AvgIpc) is 2.41. The van der Waals surface area contributed by atoms with Crippen LogP contribution in [0.15, 0.2) is 36.4 Å². The third kappa shape index (κ3) is 3.13. The highest BCUT2D eigenvalue weighted by Crippen LogP contribution is 2.25. The monoisotopic (exact) mass is 310 g/mol. The van der Waals surface area contributed by atoms with Gasteiger partial charge in [-0.3, -0.25) is 4.79 Å². The molecule has 3 N–H and O–H groups in total. The van der Waals surface area contributed by atoms with Crippen LogP contribution >= 0.6 is 11.6 Å². The molecule has 6 heteroatoms. The minimum absolute atomic E-state index is 0.108. The zero-order valence-corrected chi connectivity index (χ0v) is 11.9. The molecule has 0 heterocycles. The number of halogens is 3. The lowest BCUT2D eigenvalue weighted by Crippen LogP contribution is -2.28. The summed E-state index contributed by atoms with van der Waals surface area (Å²) in [6.45, 7) is 1.49. The Kier molecular flexibility index (Phi) is 4.43. The molecule has 2 aromatic rings. The highest BCUT2D eigenvalue weighted by atomic mass is 35.5. The van der Waals surface area contributed by atoms with Gasteiger partial charge in [-0.25, -0.2) is 8.78 Å². The normalized spacial score (nSPS) is 12.0. The van der Waals surface area contributed by atoms with Crippen LogP contribution in [-0.2, 0) is 0 Å². The lowest BCUT2D eigenvalue weighted by molar-refractivity contribution is 0.0939. The smallest absolute Gasteiger partial charge is 0.253 e. The molecule has 2 aromatic carbocycles. The minimum Gasteiger partial charge on any atom is -0.398 e. The first-order valence-corrected chi connectivity index (χ1v) is 6.58. The van der Waals surface area contributed by atoms with Gasteiger partial charge in [0.25, 0.3) is 5.91 Å². The van der Waals surface area contributed by atoms with Crippen molar-refractivity contribution in [2.45, 2.75) is 13.0 Å². The first kappa shape index (κ1) is 15.3. The number of carbonyl (C=O) groups excluding carboxylic acids is 1. The van der Waals surface area contributed by atoms with E-state index in [2.05, 4.69) is 5.32 Å². The second-order valence-corrected chi connectivity index (χ2v) is 4.92. The number of nitrogens with one attached hydrogen (secondary N) is 1. The van der Waals surface area contributed by atoms with Crippen molar-refractivity contribution in [1.29, 1.82) is 0 Å². The number of hydrogen-bond donors (Lipinski definition) is 2. The Labute approximate surface area is 125 Å². The van der Waals surface area contributed by atoms with E-state index in [-0.39, 0.29) is 21.8 Å². The molecule has 1 unspecified atom stereocenters. The molecule has 0 aliphatic rings. The number of nitrogens with two attached hydrogens (primary N) is 1. The standard InChI is InChI=1S/C15H13ClF2N2O/c1-8(13-10(17)5-3-6-11(13)18)20-15(21)9-4-2-7-12(19)14(9)16/h2-8H,19H2,1H3,(H,20,21). The van der Waals surface area contributed by atoms with Crippen molar-refractivity contribution < 1.29 is 13.6 Å². The molecule has 0 bridgehead atoms. The summed E-state index contributed by atoms with van der Waals surface area (Å²) < 4.78 is 27.3. The van der Waals surface area contributed by atoms with Gasteiger partial charge in [0.05, 0.1) is 22.3 Å². The molecule has 2 rings (SSSR count). The predicted molar refractivity (Wildman–Crippen MR) is 78.1 cm³/mol. The largest absolute Gasteiger partial charge is 0.398 e. The predicted octanol–water partition coefficient (Wildman–Crippen LogP) is 3.69. The van der Waals surface area contributed by atoms with Gasteiger partial charge in [-0.2, -0.15) is 0 Å². The van der Waals surface area contributed by atoms with Crippen LogP contribution in [0.3, 0.4) is 0 Å². The summed E-state index contributed by atoms with van der Waals surface area (Å²) in [6, 6.07) is 7.29. The molecule has 21 heavy (non-hydrogen) atoms. The van der Waals surface area contributed by atoms with Gasteiger partial charge in [0.2, 0.25) is 0 Å². The van der Waals surface area contributed by atoms with Crippen molar-refractivity contribution >= 4 is 23.2 Å². The number of benzene rings is 2. The fraction of sp³-hybridized carbons (Fsp3) is 0.133. The van der Waals surface area contributed by atoms with Crippen molar-refractivity contribution in [3.8, 4) is 0 Å². The molecular formula is C15H13ClF2N2O. The molecule has 0 aromatic heterocycles. The molecule has 0 fully saturated rings. The van der Waals surface area contributed by atoms with Gasteiger partial charge < -0.3 is 11.1 Å². The highest BCUT2D eigenvalue weighted by molar-refractivity contribution is 6.36. The van der Waals surface area contributed by atoms with E-state index in [1.165, 1.54) is 19.1 Å². The van der Waals surface area contributed by atoms with Gasteiger partial charge in [0.1, 0.15) is 11.6 Å². The summed E-state index contributed by atoms with van der Waals surface area (Å²) in [5.41, 5.74) is 5.83. The highest BCUT2D eigenvalue weighted by Gasteiger charge is 2.20. The van der Waals surface area contributed by atoms with Crippen molar-refractivity contribution in [1.82, 2.24) is 5.32 Å². The van der Waals surface area contributed by atoms with E-state index in [9.17, 15) is 13.6 Å². The molecule has 3 nitrogen and oxygen atoms in total. The third-order valence-electron chi connectivity index (χ3n) is 3.05. The van der Waals surface area contributed by atoms with Crippen molar-refractivity contribution in [3.05, 3.63) is 64.2 Å². The van der Waals surface area contributed by atoms with E-state index >= 15 is 0 Å².